The number of rotatable bonds is 7. The van der Waals surface area contributed by atoms with Crippen molar-refractivity contribution >= 4 is 17.0 Å². The van der Waals surface area contributed by atoms with E-state index in [0.29, 0.717) is 0 Å². The van der Waals surface area contributed by atoms with E-state index < -0.39 is 27.7 Å². The Kier molecular flexibility index (Phi) is 6.97. The molecule has 122 valence electrons. The van der Waals surface area contributed by atoms with E-state index in [-0.39, 0.29) is 12.5 Å². The van der Waals surface area contributed by atoms with Crippen LogP contribution in [0.4, 0.5) is 0 Å². The average Bonchev–Trinajstić information content (AvgIpc) is 2.47. The summed E-state index contributed by atoms with van der Waals surface area (Å²) in [5, 5.41) is 0. The summed E-state index contributed by atoms with van der Waals surface area (Å²) in [6, 6.07) is 8.80. The normalized spacial score (nSPS) is 15.6. The van der Waals surface area contributed by atoms with Gasteiger partial charge in [0.25, 0.3) is 0 Å². The zero-order chi connectivity index (χ0) is 16.8. The van der Waals surface area contributed by atoms with Gasteiger partial charge in [0.2, 0.25) is 0 Å². The summed E-state index contributed by atoms with van der Waals surface area (Å²) in [4.78, 5) is 12.3. The van der Waals surface area contributed by atoms with Crippen LogP contribution in [0.5, 0.6) is 0 Å². The van der Waals surface area contributed by atoms with Crippen molar-refractivity contribution in [3.05, 3.63) is 48.6 Å². The highest BCUT2D eigenvalue weighted by Gasteiger charge is 2.33. The lowest BCUT2D eigenvalue weighted by Crippen LogP contribution is -2.47. The van der Waals surface area contributed by atoms with Gasteiger partial charge in [-0.2, -0.15) is 0 Å². The summed E-state index contributed by atoms with van der Waals surface area (Å²) in [7, 11) is -1.39. The van der Waals surface area contributed by atoms with Gasteiger partial charge in [0.15, 0.2) is 0 Å². The minimum atomic E-state index is -1.39. The number of esters is 1. The van der Waals surface area contributed by atoms with Crippen LogP contribution in [0.25, 0.3) is 0 Å². The number of hydrogen-bond acceptors (Lipinski definition) is 3. The van der Waals surface area contributed by atoms with Crippen molar-refractivity contribution in [3.63, 3.8) is 0 Å². The monoisotopic (exact) mass is 323 g/mol. The van der Waals surface area contributed by atoms with Crippen molar-refractivity contribution in [1.29, 1.82) is 0 Å². The van der Waals surface area contributed by atoms with E-state index in [0.717, 1.165) is 5.56 Å². The zero-order valence-corrected chi connectivity index (χ0v) is 14.5. The largest absolute Gasteiger partial charge is 0.465 e. The first-order valence-corrected chi connectivity index (χ1v) is 8.48. The van der Waals surface area contributed by atoms with Gasteiger partial charge >= 0.3 is 5.97 Å². The second-order valence-electron chi connectivity index (χ2n) is 5.90. The molecule has 0 amide bonds. The Morgan fingerprint density at radius 2 is 1.95 bits per heavy atom. The van der Waals surface area contributed by atoms with Crippen LogP contribution in [-0.2, 0) is 20.5 Å². The van der Waals surface area contributed by atoms with Crippen LogP contribution in [0.1, 0.15) is 39.2 Å². The quantitative estimate of drug-likeness (QED) is 0.620. The highest BCUT2D eigenvalue weighted by molar-refractivity contribution is 7.84. The molecule has 1 aromatic rings. The molecule has 0 aliphatic rings. The molecule has 4 nitrogen and oxygen atoms in total. The van der Waals surface area contributed by atoms with Gasteiger partial charge in [0.05, 0.1) is 22.3 Å². The van der Waals surface area contributed by atoms with Crippen LogP contribution in [-0.4, -0.2) is 27.6 Å². The molecule has 0 bridgehead atoms. The van der Waals surface area contributed by atoms with Crippen LogP contribution in [0.2, 0.25) is 0 Å². The molecule has 0 fully saturated rings. The summed E-state index contributed by atoms with van der Waals surface area (Å²) in [6.45, 7) is 11.4. The van der Waals surface area contributed by atoms with Gasteiger partial charge in [-0.05, 0) is 33.3 Å². The number of benzene rings is 1. The first kappa shape index (κ1) is 18.6. The second-order valence-corrected chi connectivity index (χ2v) is 7.90. The molecule has 1 N–H and O–H groups in total. The third-order valence-corrected chi connectivity index (χ3v) is 4.71. The Bertz CT molecular complexity index is 522. The molecule has 0 heterocycles. The van der Waals surface area contributed by atoms with E-state index in [1.807, 2.05) is 51.1 Å². The fourth-order valence-electron chi connectivity index (χ4n) is 1.93. The molecule has 0 spiro atoms. The maximum Gasteiger partial charge on any atom is 0.325 e. The first-order valence-electron chi connectivity index (χ1n) is 7.33. The Hall–Kier alpha value is -1.46. The molecular weight excluding hydrogens is 298 g/mol. The molecule has 0 aliphatic heterocycles. The lowest BCUT2D eigenvalue weighted by Gasteiger charge is -2.27. The second kappa shape index (κ2) is 8.25. The summed E-state index contributed by atoms with van der Waals surface area (Å²) < 4.78 is 20.0. The molecule has 1 aromatic carbocycles. The molecule has 0 saturated carbocycles. The summed E-state index contributed by atoms with van der Waals surface area (Å²) in [6.07, 6.45) is 1.68. The maximum absolute atomic E-state index is 12.4. The third-order valence-electron chi connectivity index (χ3n) is 3.13. The molecular formula is C17H25NO3S. The summed E-state index contributed by atoms with van der Waals surface area (Å²) in [5.41, 5.74) is 0.925. The Morgan fingerprint density at radius 3 is 2.41 bits per heavy atom. The van der Waals surface area contributed by atoms with E-state index in [4.69, 9.17) is 4.74 Å². The predicted octanol–water partition coefficient (Wildman–Crippen LogP) is 2.94. The van der Waals surface area contributed by atoms with E-state index >= 15 is 0 Å². The molecule has 22 heavy (non-hydrogen) atoms. The molecule has 0 radical (unpaired) electrons. The van der Waals surface area contributed by atoms with Crippen LogP contribution in [0.15, 0.2) is 43.0 Å². The van der Waals surface area contributed by atoms with E-state index in [2.05, 4.69) is 11.3 Å². The number of nitrogens with one attached hydrogen (secondary N) is 1. The fraction of sp³-hybridized carbons (Fsp3) is 0.471. The standard InChI is InChI=1S/C17H25NO3S/c1-6-14(13-11-9-8-10-12-13)15(16(19)21-7-2)18-22(20)17(3,4)5/h6,8-12,14-15,18H,1,7H2,2-5H3/t14-,15-,22?/m1/s1. The summed E-state index contributed by atoms with van der Waals surface area (Å²) >= 11 is 0. The smallest absolute Gasteiger partial charge is 0.325 e. The minimum Gasteiger partial charge on any atom is -0.465 e. The van der Waals surface area contributed by atoms with Crippen LogP contribution in [0, 0.1) is 0 Å². The van der Waals surface area contributed by atoms with Gasteiger partial charge in [0, 0.05) is 5.92 Å². The highest BCUT2D eigenvalue weighted by Crippen LogP contribution is 2.23. The maximum atomic E-state index is 12.4. The van der Waals surface area contributed by atoms with E-state index in [1.54, 1.807) is 13.0 Å². The Morgan fingerprint density at radius 1 is 1.36 bits per heavy atom. The van der Waals surface area contributed by atoms with Gasteiger partial charge in [-0.25, -0.2) is 8.93 Å². The van der Waals surface area contributed by atoms with Gasteiger partial charge in [-0.1, -0.05) is 36.4 Å². The van der Waals surface area contributed by atoms with E-state index in [9.17, 15) is 9.00 Å². The van der Waals surface area contributed by atoms with Crippen molar-refractivity contribution in [3.8, 4) is 0 Å². The van der Waals surface area contributed by atoms with Crippen molar-refractivity contribution in [2.75, 3.05) is 6.61 Å². The van der Waals surface area contributed by atoms with E-state index in [1.165, 1.54) is 0 Å². The first-order chi connectivity index (χ1) is 10.3. The van der Waals surface area contributed by atoms with Crippen molar-refractivity contribution in [2.24, 2.45) is 0 Å². The minimum absolute atomic E-state index is 0.276. The number of hydrogen-bond donors (Lipinski definition) is 1. The van der Waals surface area contributed by atoms with Gasteiger partial charge in [-0.3, -0.25) is 4.79 Å². The highest BCUT2D eigenvalue weighted by atomic mass is 32.2. The fourth-order valence-corrected chi connectivity index (χ4v) is 2.76. The van der Waals surface area contributed by atoms with Crippen molar-refractivity contribution in [2.45, 2.75) is 44.4 Å². The Balaban J connectivity index is 3.10. The van der Waals surface area contributed by atoms with Gasteiger partial charge < -0.3 is 4.74 Å². The topological polar surface area (TPSA) is 55.4 Å². The van der Waals surface area contributed by atoms with Crippen molar-refractivity contribution in [1.82, 2.24) is 4.72 Å². The molecule has 5 heteroatoms. The lowest BCUT2D eigenvalue weighted by atomic mass is 9.92. The Labute approximate surface area is 135 Å². The molecule has 1 rings (SSSR count). The molecule has 0 aromatic heterocycles. The SMILES string of the molecule is C=C[C@H](c1ccccc1)[C@@H](NS(=O)C(C)(C)C)C(=O)OCC. The molecule has 0 aliphatic carbocycles. The van der Waals surface area contributed by atoms with Crippen LogP contribution in [0.3, 0.4) is 0 Å². The lowest BCUT2D eigenvalue weighted by molar-refractivity contribution is -0.145. The van der Waals surface area contributed by atoms with Crippen LogP contribution < -0.4 is 4.72 Å². The predicted molar refractivity (Wildman–Crippen MR) is 90.8 cm³/mol. The average molecular weight is 323 g/mol. The molecule has 1 unspecified atom stereocenters. The zero-order valence-electron chi connectivity index (χ0n) is 13.7. The number of carbonyl (C=O) groups is 1. The van der Waals surface area contributed by atoms with Gasteiger partial charge in [-0.15, -0.1) is 6.58 Å². The van der Waals surface area contributed by atoms with Crippen molar-refractivity contribution < 1.29 is 13.7 Å². The molecule has 0 saturated heterocycles. The van der Waals surface area contributed by atoms with Gasteiger partial charge in [0.1, 0.15) is 6.04 Å². The number of ether oxygens (including phenoxy) is 1. The van der Waals surface area contributed by atoms with Crippen LogP contribution >= 0.6 is 0 Å². The third kappa shape index (κ3) is 5.07. The molecule has 3 atom stereocenters. The summed E-state index contributed by atoms with van der Waals surface area (Å²) in [5.74, 6) is -0.736. The number of carbonyl (C=O) groups excluding carboxylic acids is 1.